The van der Waals surface area contributed by atoms with Crippen LogP contribution in [0.4, 0.5) is 0 Å². The molecule has 1 N–H and O–H groups in total. The van der Waals surface area contributed by atoms with Crippen LogP contribution in [-0.2, 0) is 0 Å². The summed E-state index contributed by atoms with van der Waals surface area (Å²) in [5.41, 5.74) is 1.39. The molecule has 0 aromatic heterocycles. The average molecular weight is 172 g/mol. The Kier molecular flexibility index (Phi) is 10.4. The second-order valence-electron chi connectivity index (χ2n) is 3.48. The second-order valence-corrected chi connectivity index (χ2v) is 3.48. The van der Waals surface area contributed by atoms with E-state index in [4.69, 9.17) is 5.11 Å². The Labute approximate surface area is 77.5 Å². The molecule has 0 heterocycles. The molecule has 1 heteroatoms. The molecule has 1 atom stereocenters. The van der Waals surface area contributed by atoms with Crippen LogP contribution in [0.5, 0.6) is 0 Å². The van der Waals surface area contributed by atoms with Gasteiger partial charge in [0, 0.05) is 6.61 Å². The molecule has 0 aliphatic carbocycles. The minimum absolute atomic E-state index is 0. The van der Waals surface area contributed by atoms with E-state index in [9.17, 15) is 0 Å². The fraction of sp³-hybridized carbons (Fsp3) is 0.818. The lowest BCUT2D eigenvalue weighted by molar-refractivity contribution is 0.259. The topological polar surface area (TPSA) is 20.2 Å². The van der Waals surface area contributed by atoms with Gasteiger partial charge in [0.05, 0.1) is 0 Å². The maximum atomic E-state index is 8.63. The van der Waals surface area contributed by atoms with Crippen LogP contribution >= 0.6 is 0 Å². The molecular weight excluding hydrogens is 148 g/mol. The van der Waals surface area contributed by atoms with Gasteiger partial charge in [-0.15, -0.1) is 0 Å². The quantitative estimate of drug-likeness (QED) is 0.630. The summed E-state index contributed by atoms with van der Waals surface area (Å²) in [6.45, 7) is 6.76. The molecule has 0 aliphatic heterocycles. The van der Waals surface area contributed by atoms with Crippen molar-refractivity contribution in [2.75, 3.05) is 6.61 Å². The van der Waals surface area contributed by atoms with Crippen LogP contribution in [0.25, 0.3) is 0 Å². The standard InChI is InChI=1S/C10H20O.CH4/c1-9(2)5-4-6-10(3)7-8-11;/h5,10-11H,4,6-8H2,1-3H3;1H4. The molecule has 0 aliphatic rings. The Balaban J connectivity index is 0. The van der Waals surface area contributed by atoms with Crippen molar-refractivity contribution in [2.24, 2.45) is 5.92 Å². The van der Waals surface area contributed by atoms with Crippen molar-refractivity contribution in [1.82, 2.24) is 0 Å². The van der Waals surface area contributed by atoms with Gasteiger partial charge in [0.15, 0.2) is 0 Å². The lowest BCUT2D eigenvalue weighted by Gasteiger charge is -2.06. The molecule has 0 saturated carbocycles. The minimum Gasteiger partial charge on any atom is -0.396 e. The predicted molar refractivity (Wildman–Crippen MR) is 56.3 cm³/mol. The van der Waals surface area contributed by atoms with Crippen molar-refractivity contribution in [3.8, 4) is 0 Å². The van der Waals surface area contributed by atoms with Gasteiger partial charge in [-0.3, -0.25) is 0 Å². The zero-order valence-electron chi connectivity index (χ0n) is 7.93. The van der Waals surface area contributed by atoms with Gasteiger partial charge in [0.1, 0.15) is 0 Å². The summed E-state index contributed by atoms with van der Waals surface area (Å²) in [6, 6.07) is 0. The van der Waals surface area contributed by atoms with E-state index in [2.05, 4.69) is 26.8 Å². The monoisotopic (exact) mass is 172 g/mol. The van der Waals surface area contributed by atoms with E-state index < -0.39 is 0 Å². The third kappa shape index (κ3) is 9.70. The van der Waals surface area contributed by atoms with Gasteiger partial charge in [-0.2, -0.15) is 0 Å². The van der Waals surface area contributed by atoms with Crippen molar-refractivity contribution in [1.29, 1.82) is 0 Å². The van der Waals surface area contributed by atoms with Gasteiger partial charge >= 0.3 is 0 Å². The molecule has 0 radical (unpaired) electrons. The molecule has 0 aromatic carbocycles. The highest BCUT2D eigenvalue weighted by molar-refractivity contribution is 4.92. The van der Waals surface area contributed by atoms with Crippen molar-refractivity contribution in [2.45, 2.75) is 47.5 Å². The number of aliphatic hydroxyl groups is 1. The number of aliphatic hydroxyl groups excluding tert-OH is 1. The van der Waals surface area contributed by atoms with Crippen LogP contribution in [0.1, 0.15) is 47.5 Å². The Morgan fingerprint density at radius 1 is 1.33 bits per heavy atom. The van der Waals surface area contributed by atoms with Gasteiger partial charge in [0.2, 0.25) is 0 Å². The van der Waals surface area contributed by atoms with E-state index in [1.807, 2.05) is 0 Å². The summed E-state index contributed by atoms with van der Waals surface area (Å²) >= 11 is 0. The summed E-state index contributed by atoms with van der Waals surface area (Å²) in [5.74, 6) is 0.663. The van der Waals surface area contributed by atoms with Gasteiger partial charge in [-0.25, -0.2) is 0 Å². The lowest BCUT2D eigenvalue weighted by Crippen LogP contribution is -1.96. The minimum atomic E-state index is 0. The van der Waals surface area contributed by atoms with E-state index in [0.717, 1.165) is 12.8 Å². The summed E-state index contributed by atoms with van der Waals surface area (Å²) in [5, 5.41) is 8.63. The first-order valence-electron chi connectivity index (χ1n) is 4.41. The molecule has 0 rings (SSSR count). The Hall–Kier alpha value is -0.300. The Bertz CT molecular complexity index is 112. The molecular formula is C11H24O. The fourth-order valence-corrected chi connectivity index (χ4v) is 1.02. The molecule has 0 aromatic rings. The molecule has 12 heavy (non-hydrogen) atoms. The van der Waals surface area contributed by atoms with Crippen molar-refractivity contribution >= 4 is 0 Å². The molecule has 0 fully saturated rings. The highest BCUT2D eigenvalue weighted by Gasteiger charge is 1.98. The van der Waals surface area contributed by atoms with Crippen molar-refractivity contribution in [3.63, 3.8) is 0 Å². The predicted octanol–water partition coefficient (Wildman–Crippen LogP) is 3.39. The fourth-order valence-electron chi connectivity index (χ4n) is 1.02. The largest absolute Gasteiger partial charge is 0.396 e. The molecule has 74 valence electrons. The number of allylic oxidation sites excluding steroid dienone is 2. The van der Waals surface area contributed by atoms with Crippen molar-refractivity contribution in [3.05, 3.63) is 11.6 Å². The molecule has 1 nitrogen and oxygen atoms in total. The molecule has 0 saturated heterocycles. The number of hydrogen-bond acceptors (Lipinski definition) is 1. The van der Waals surface area contributed by atoms with Crippen LogP contribution in [0, 0.1) is 5.92 Å². The molecule has 1 unspecified atom stereocenters. The van der Waals surface area contributed by atoms with Gasteiger partial charge in [-0.1, -0.05) is 26.0 Å². The van der Waals surface area contributed by atoms with Crippen LogP contribution in [0.3, 0.4) is 0 Å². The summed E-state index contributed by atoms with van der Waals surface area (Å²) in [4.78, 5) is 0. The summed E-state index contributed by atoms with van der Waals surface area (Å²) in [7, 11) is 0. The highest BCUT2D eigenvalue weighted by Crippen LogP contribution is 2.10. The van der Waals surface area contributed by atoms with Crippen LogP contribution in [0.2, 0.25) is 0 Å². The van der Waals surface area contributed by atoms with E-state index in [-0.39, 0.29) is 7.43 Å². The number of hydrogen-bond donors (Lipinski definition) is 1. The van der Waals surface area contributed by atoms with Crippen molar-refractivity contribution < 1.29 is 5.11 Å². The average Bonchev–Trinajstić information content (AvgIpc) is 1.87. The first kappa shape index (κ1) is 14.2. The Morgan fingerprint density at radius 3 is 2.33 bits per heavy atom. The number of rotatable bonds is 5. The van der Waals surface area contributed by atoms with E-state index in [0.29, 0.717) is 12.5 Å². The summed E-state index contributed by atoms with van der Waals surface area (Å²) in [6.07, 6.45) is 5.56. The third-order valence-corrected chi connectivity index (χ3v) is 1.83. The molecule has 0 bridgehead atoms. The second kappa shape index (κ2) is 8.79. The van der Waals surface area contributed by atoms with Gasteiger partial charge < -0.3 is 5.11 Å². The van der Waals surface area contributed by atoms with E-state index >= 15 is 0 Å². The maximum Gasteiger partial charge on any atom is 0.0433 e. The van der Waals surface area contributed by atoms with E-state index in [1.54, 1.807) is 0 Å². The maximum absolute atomic E-state index is 8.63. The van der Waals surface area contributed by atoms with Crippen LogP contribution in [-0.4, -0.2) is 11.7 Å². The smallest absolute Gasteiger partial charge is 0.0433 e. The van der Waals surface area contributed by atoms with Crippen LogP contribution < -0.4 is 0 Å². The highest BCUT2D eigenvalue weighted by atomic mass is 16.2. The van der Waals surface area contributed by atoms with Gasteiger partial charge in [-0.05, 0) is 39.0 Å². The van der Waals surface area contributed by atoms with E-state index in [1.165, 1.54) is 12.0 Å². The third-order valence-electron chi connectivity index (χ3n) is 1.83. The molecule has 0 amide bonds. The zero-order valence-corrected chi connectivity index (χ0v) is 7.93. The lowest BCUT2D eigenvalue weighted by atomic mass is 10.0. The Morgan fingerprint density at radius 2 is 1.92 bits per heavy atom. The first-order chi connectivity index (χ1) is 5.16. The SMILES string of the molecule is C.CC(C)=CCCC(C)CCO. The van der Waals surface area contributed by atoms with Crippen LogP contribution in [0.15, 0.2) is 11.6 Å². The molecule has 0 spiro atoms. The first-order valence-corrected chi connectivity index (χ1v) is 4.41. The van der Waals surface area contributed by atoms with Gasteiger partial charge in [0.25, 0.3) is 0 Å². The summed E-state index contributed by atoms with van der Waals surface area (Å²) < 4.78 is 0. The zero-order chi connectivity index (χ0) is 8.69. The normalized spacial score (nSPS) is 11.7.